The molecule has 16 aromatic rings. The Morgan fingerprint density at radius 3 is 1.10 bits per heavy atom. The Morgan fingerprint density at radius 1 is 0.230 bits per heavy atom. The Kier molecular flexibility index (Phi) is 19.7. The molecular formula is C116H114BN5. The molecule has 0 atom stereocenters. The Hall–Kier alpha value is -12.4. The summed E-state index contributed by atoms with van der Waals surface area (Å²) in [6.07, 6.45) is 0. The van der Waals surface area contributed by atoms with E-state index in [0.717, 1.165) is 118 Å². The maximum Gasteiger partial charge on any atom is 0.252 e. The van der Waals surface area contributed by atoms with Gasteiger partial charge in [0.05, 0.1) is 33.8 Å². The van der Waals surface area contributed by atoms with E-state index in [1.807, 2.05) is 0 Å². The second kappa shape index (κ2) is 29.8. The van der Waals surface area contributed by atoms with Gasteiger partial charge in [-0.3, -0.25) is 0 Å². The van der Waals surface area contributed by atoms with Gasteiger partial charge >= 0.3 is 0 Å². The molecule has 0 saturated heterocycles. The molecule has 6 heteroatoms. The summed E-state index contributed by atoms with van der Waals surface area (Å²) < 4.78 is 2.57. The first kappa shape index (κ1) is 80.7. The number of rotatable bonds is 11. The standard InChI is InChI=1S/C116H114BN5/c1-110(2,3)83-49-55-101-93(67-83)94-68-84(111(4,5)6)50-56-102(94)120(101)90-51-53-97-104(71-90)121(100-54-48-78(73-37-27-22-28-38-73)61-91(100)74-39-29-23-30-40-74)105-63-82(81-59-87(114(13,14)15)66-88(60-81)115(16,17)18)64-106-107(105)117(97)96-52-47-79(80-57-85(112(7,8)9)65-86(58-80)113(10,11)12)62-103(96)122(106)108-92(75-41-31-24-32-42-75)69-89(116(19,20)21)70-95(108)99-72-98(76-43-33-25-34-44-76)118-109(119-99)77-45-35-26-36-46-77/h22-72H,1-21H3. The van der Waals surface area contributed by atoms with Crippen molar-refractivity contribution in [1.82, 2.24) is 14.5 Å². The molecule has 5 nitrogen and oxygen atoms in total. The lowest BCUT2D eigenvalue weighted by molar-refractivity contribution is 0.568. The number of nitrogens with zero attached hydrogens (tertiary/aromatic N) is 5. The lowest BCUT2D eigenvalue weighted by Crippen LogP contribution is -2.61. The molecule has 0 spiro atoms. The van der Waals surface area contributed by atoms with Crippen LogP contribution >= 0.6 is 0 Å². The normalized spacial score (nSPS) is 13.2. The summed E-state index contributed by atoms with van der Waals surface area (Å²) in [4.78, 5) is 16.9. The van der Waals surface area contributed by atoms with Gasteiger partial charge in [-0.15, -0.1) is 0 Å². The predicted molar refractivity (Wildman–Crippen MR) is 525 cm³/mol. The van der Waals surface area contributed by atoms with Crippen molar-refractivity contribution in [2.24, 2.45) is 0 Å². The van der Waals surface area contributed by atoms with Crippen molar-refractivity contribution < 1.29 is 0 Å². The molecule has 0 radical (unpaired) electrons. The maximum atomic E-state index is 5.94. The fourth-order valence-electron chi connectivity index (χ4n) is 18.3. The third-order valence-corrected chi connectivity index (χ3v) is 25.6. The molecule has 122 heavy (non-hydrogen) atoms. The van der Waals surface area contributed by atoms with Gasteiger partial charge in [0.15, 0.2) is 5.82 Å². The average Bonchev–Trinajstić information content (AvgIpc) is 0.760. The summed E-state index contributed by atoms with van der Waals surface area (Å²) in [7, 11) is 0. The molecule has 0 unspecified atom stereocenters. The Labute approximate surface area is 725 Å². The molecule has 0 fully saturated rings. The van der Waals surface area contributed by atoms with Crippen LogP contribution in [0, 0.1) is 0 Å². The molecule has 18 rings (SSSR count). The van der Waals surface area contributed by atoms with Gasteiger partial charge < -0.3 is 14.4 Å². The first-order valence-corrected chi connectivity index (χ1v) is 43.9. The van der Waals surface area contributed by atoms with Gasteiger partial charge in [0.1, 0.15) is 0 Å². The quantitative estimate of drug-likeness (QED) is 0.121. The summed E-state index contributed by atoms with van der Waals surface area (Å²) in [5.41, 5.74) is 37.3. The van der Waals surface area contributed by atoms with Crippen molar-refractivity contribution in [3.05, 3.63) is 348 Å². The molecule has 2 aliphatic heterocycles. The molecule has 0 N–H and O–H groups in total. The van der Waals surface area contributed by atoms with Crippen molar-refractivity contribution >= 4 is 79.0 Å². The van der Waals surface area contributed by atoms with E-state index in [-0.39, 0.29) is 44.6 Å². The minimum Gasteiger partial charge on any atom is -0.311 e. The molecule has 0 bridgehead atoms. The van der Waals surface area contributed by atoms with Crippen LogP contribution in [0.1, 0.15) is 184 Å². The fourth-order valence-corrected chi connectivity index (χ4v) is 18.3. The van der Waals surface area contributed by atoms with Crippen LogP contribution in [0.15, 0.2) is 309 Å². The van der Waals surface area contributed by atoms with Crippen molar-refractivity contribution in [1.29, 1.82) is 0 Å². The van der Waals surface area contributed by atoms with E-state index >= 15 is 0 Å². The monoisotopic (exact) mass is 1590 g/mol. The SMILES string of the molecule is CC(C)(C)c1cc(-c2ccc3c(c2)N(c2c(-c4ccccc4)cc(C(C)(C)C)cc2-c2cc(-c4ccccc4)nc(-c4ccccc4)n2)c2cc(-c4cc(C(C)(C)C)cc(C(C)(C)C)c4)cc4c2B3c2ccc(-n3c5ccc(C(C)(C)C)cc5c5cc(C(C)(C)C)ccc53)cc2N4c2ccc(-c3ccccc3)cc2-c2ccccc2)cc(C(C)(C)C)c1. The smallest absolute Gasteiger partial charge is 0.252 e. The van der Waals surface area contributed by atoms with Gasteiger partial charge in [-0.05, 0) is 223 Å². The molecule has 606 valence electrons. The van der Waals surface area contributed by atoms with Crippen LogP contribution in [0.4, 0.5) is 34.1 Å². The van der Waals surface area contributed by atoms with Crippen LogP contribution in [-0.4, -0.2) is 21.2 Å². The lowest BCUT2D eigenvalue weighted by Gasteiger charge is -2.46. The minimum atomic E-state index is -0.323. The summed E-state index contributed by atoms with van der Waals surface area (Å²) in [6, 6.07) is 119. The number of fused-ring (bicyclic) bond motifs is 7. The van der Waals surface area contributed by atoms with Crippen LogP contribution in [0.2, 0.25) is 0 Å². The van der Waals surface area contributed by atoms with Gasteiger partial charge in [0.2, 0.25) is 0 Å². The molecule has 2 aliphatic rings. The first-order valence-electron chi connectivity index (χ1n) is 43.9. The molecule has 0 saturated carbocycles. The molecular weight excluding hydrogens is 1470 g/mol. The van der Waals surface area contributed by atoms with E-state index < -0.39 is 0 Å². The van der Waals surface area contributed by atoms with E-state index in [2.05, 4.69) is 469 Å². The highest BCUT2D eigenvalue weighted by Gasteiger charge is 2.46. The van der Waals surface area contributed by atoms with Crippen molar-refractivity contribution in [2.45, 2.75) is 183 Å². The zero-order chi connectivity index (χ0) is 85.6. The topological polar surface area (TPSA) is 37.2 Å². The van der Waals surface area contributed by atoms with Crippen LogP contribution in [0.25, 0.3) is 117 Å². The first-order chi connectivity index (χ1) is 57.9. The summed E-state index contributed by atoms with van der Waals surface area (Å²) in [5.74, 6) is 0.655. The Morgan fingerprint density at radius 2 is 0.607 bits per heavy atom. The minimum absolute atomic E-state index is 0.0801. The third kappa shape index (κ3) is 14.9. The van der Waals surface area contributed by atoms with E-state index in [9.17, 15) is 0 Å². The van der Waals surface area contributed by atoms with E-state index in [4.69, 9.17) is 9.97 Å². The van der Waals surface area contributed by atoms with Crippen molar-refractivity contribution in [3.8, 4) is 95.2 Å². The second-order valence-electron chi connectivity index (χ2n) is 41.6. The third-order valence-electron chi connectivity index (χ3n) is 25.6. The lowest BCUT2D eigenvalue weighted by atomic mass is 9.33. The Bertz CT molecular complexity index is 6570. The van der Waals surface area contributed by atoms with Crippen molar-refractivity contribution in [3.63, 3.8) is 0 Å². The van der Waals surface area contributed by atoms with Crippen LogP contribution in [0.5, 0.6) is 0 Å². The maximum absolute atomic E-state index is 5.94. The van der Waals surface area contributed by atoms with E-state index in [0.29, 0.717) is 5.82 Å². The van der Waals surface area contributed by atoms with Crippen LogP contribution in [0.3, 0.4) is 0 Å². The summed E-state index contributed by atoms with van der Waals surface area (Å²) in [5, 5.41) is 2.50. The second-order valence-corrected chi connectivity index (χ2v) is 41.6. The number of anilines is 6. The molecule has 0 amide bonds. The molecule has 2 aromatic heterocycles. The highest BCUT2D eigenvalue weighted by Crippen LogP contribution is 2.55. The molecule has 4 heterocycles. The van der Waals surface area contributed by atoms with Gasteiger partial charge in [0, 0.05) is 67.0 Å². The summed E-state index contributed by atoms with van der Waals surface area (Å²) >= 11 is 0. The average molecular weight is 1590 g/mol. The number of hydrogen-bond acceptors (Lipinski definition) is 4. The van der Waals surface area contributed by atoms with Crippen LogP contribution in [-0.2, 0) is 37.9 Å². The zero-order valence-electron chi connectivity index (χ0n) is 75.3. The van der Waals surface area contributed by atoms with E-state index in [1.54, 1.807) is 0 Å². The number of hydrogen-bond donors (Lipinski definition) is 0. The van der Waals surface area contributed by atoms with Gasteiger partial charge in [-0.25, -0.2) is 9.97 Å². The Balaban J connectivity index is 1.05. The van der Waals surface area contributed by atoms with Gasteiger partial charge in [-0.2, -0.15) is 0 Å². The largest absolute Gasteiger partial charge is 0.311 e. The molecule has 14 aromatic carbocycles. The van der Waals surface area contributed by atoms with Crippen LogP contribution < -0.4 is 26.2 Å². The van der Waals surface area contributed by atoms with Gasteiger partial charge in [0.25, 0.3) is 6.71 Å². The zero-order valence-corrected chi connectivity index (χ0v) is 75.3. The summed E-state index contributed by atoms with van der Waals surface area (Å²) in [6.45, 7) is 49.1. The number of aromatic nitrogens is 3. The number of benzene rings is 14. The molecule has 0 aliphatic carbocycles. The van der Waals surface area contributed by atoms with E-state index in [1.165, 1.54) is 82.7 Å². The predicted octanol–water partition coefficient (Wildman–Crippen LogP) is 30.1. The van der Waals surface area contributed by atoms with Gasteiger partial charge in [-0.1, -0.05) is 370 Å². The highest BCUT2D eigenvalue weighted by molar-refractivity contribution is 7.00. The highest BCUT2D eigenvalue weighted by atomic mass is 15.2. The fraction of sp³-hybridized carbons (Fsp3) is 0.241. The van der Waals surface area contributed by atoms with Crippen molar-refractivity contribution in [2.75, 3.05) is 9.80 Å².